The Morgan fingerprint density at radius 2 is 0.853 bits per heavy atom. The van der Waals surface area contributed by atoms with E-state index in [9.17, 15) is 19.2 Å². The average molecular weight is 967 g/mol. The SMILES string of the molecule is CC(=O)OCCOCCN1CCN(C2=Nc3ccccc3Sc3ccccc32)CC1.CC(=O)OCCOCCN1CCN(C2=Nc3ccccc3Sc3ccccc32)CC1.O=C(O)/C=C/C(=O)O. The van der Waals surface area contributed by atoms with Crippen LogP contribution in [0.15, 0.2) is 139 Å². The molecule has 68 heavy (non-hydrogen) atoms. The molecule has 18 heteroatoms. The summed E-state index contributed by atoms with van der Waals surface area (Å²) < 4.78 is 20.9. The van der Waals surface area contributed by atoms with Crippen molar-refractivity contribution >= 4 is 70.4 Å². The number of carbonyl (C=O) groups is 4. The van der Waals surface area contributed by atoms with E-state index in [0.29, 0.717) is 51.8 Å². The Bertz CT molecular complexity index is 2250. The Morgan fingerprint density at radius 3 is 1.22 bits per heavy atom. The van der Waals surface area contributed by atoms with Crippen molar-refractivity contribution in [3.05, 3.63) is 120 Å². The van der Waals surface area contributed by atoms with E-state index in [1.54, 1.807) is 23.5 Å². The number of amidine groups is 2. The Morgan fingerprint density at radius 1 is 0.500 bits per heavy atom. The van der Waals surface area contributed by atoms with Crippen LogP contribution in [0.2, 0.25) is 0 Å². The summed E-state index contributed by atoms with van der Waals surface area (Å²) in [5.41, 5.74) is 4.50. The molecule has 360 valence electrons. The fourth-order valence-corrected chi connectivity index (χ4v) is 9.44. The molecule has 2 fully saturated rings. The van der Waals surface area contributed by atoms with E-state index in [4.69, 9.17) is 39.1 Å². The summed E-state index contributed by atoms with van der Waals surface area (Å²) in [6.07, 6.45) is 1.12. The van der Waals surface area contributed by atoms with Crippen LogP contribution in [0.3, 0.4) is 0 Å². The summed E-state index contributed by atoms with van der Waals surface area (Å²) in [6, 6.07) is 33.8. The molecule has 0 aliphatic carbocycles. The number of aliphatic imine (C=N–C) groups is 2. The van der Waals surface area contributed by atoms with Gasteiger partial charge in [-0.15, -0.1) is 0 Å². The topological polar surface area (TPSA) is 183 Å². The molecular weight excluding hydrogens is 909 g/mol. The number of piperazine rings is 2. The minimum Gasteiger partial charge on any atom is -0.478 e. The molecule has 2 N–H and O–H groups in total. The first-order valence-electron chi connectivity index (χ1n) is 22.4. The molecule has 0 spiro atoms. The van der Waals surface area contributed by atoms with Gasteiger partial charge in [-0.2, -0.15) is 0 Å². The van der Waals surface area contributed by atoms with E-state index < -0.39 is 11.9 Å². The van der Waals surface area contributed by atoms with Crippen molar-refractivity contribution in [2.75, 3.05) is 105 Å². The van der Waals surface area contributed by atoms with Crippen LogP contribution < -0.4 is 0 Å². The third kappa shape index (κ3) is 16.3. The van der Waals surface area contributed by atoms with Gasteiger partial charge in [-0.05, 0) is 36.4 Å². The van der Waals surface area contributed by atoms with E-state index in [-0.39, 0.29) is 11.9 Å². The van der Waals surface area contributed by atoms with Gasteiger partial charge < -0.3 is 39.0 Å². The molecule has 0 atom stereocenters. The third-order valence-electron chi connectivity index (χ3n) is 10.8. The molecule has 4 aromatic carbocycles. The molecule has 8 rings (SSSR count). The van der Waals surface area contributed by atoms with E-state index >= 15 is 0 Å². The number of esters is 2. The molecule has 0 saturated carbocycles. The minimum atomic E-state index is -1.26. The summed E-state index contributed by atoms with van der Waals surface area (Å²) in [5, 5.41) is 15.6. The molecule has 16 nitrogen and oxygen atoms in total. The quantitative estimate of drug-likeness (QED) is 0.0786. The number of hydrogen-bond acceptors (Lipinski definition) is 16. The molecule has 0 bridgehead atoms. The van der Waals surface area contributed by atoms with Crippen molar-refractivity contribution in [2.24, 2.45) is 9.98 Å². The summed E-state index contributed by atoms with van der Waals surface area (Å²) >= 11 is 3.58. The summed E-state index contributed by atoms with van der Waals surface area (Å²) in [7, 11) is 0. The number of carbonyl (C=O) groups excluding carboxylic acids is 2. The third-order valence-corrected chi connectivity index (χ3v) is 13.0. The molecule has 2 saturated heterocycles. The van der Waals surface area contributed by atoms with E-state index in [1.807, 2.05) is 0 Å². The number of aliphatic carboxylic acids is 2. The van der Waals surface area contributed by atoms with E-state index in [1.165, 1.54) is 44.6 Å². The molecule has 4 aliphatic heterocycles. The number of nitrogens with zero attached hydrogens (tertiary/aromatic N) is 6. The standard InChI is InChI=1S/2C23H27N3O3S.C4H4O4/c2*1-18(27)29-17-16-28-15-14-25-10-12-26(13-11-25)23-19-6-2-4-8-21(19)30-22-9-5-3-7-20(22)24-23;5-3(6)1-2-4(7)8/h2*2-9H,10-17H2,1H3;1-2H,(H,5,6)(H,7,8)/b;;2-1+. The van der Waals surface area contributed by atoms with Gasteiger partial charge in [0.2, 0.25) is 0 Å². The highest BCUT2D eigenvalue weighted by atomic mass is 32.2. The Kier molecular flexibility index (Phi) is 20.5. The molecule has 4 aromatic rings. The minimum absolute atomic E-state index is 0.265. The van der Waals surface area contributed by atoms with E-state index in [0.717, 1.165) is 88.5 Å². The first kappa shape index (κ1) is 51.4. The highest BCUT2D eigenvalue weighted by Crippen LogP contribution is 2.42. The Labute approximate surface area is 405 Å². The van der Waals surface area contributed by atoms with Crippen molar-refractivity contribution in [2.45, 2.75) is 33.4 Å². The number of carboxylic acids is 2. The monoisotopic (exact) mass is 966 g/mol. The smallest absolute Gasteiger partial charge is 0.328 e. The zero-order valence-electron chi connectivity index (χ0n) is 38.4. The Hall–Kier alpha value is -6.02. The van der Waals surface area contributed by atoms with Gasteiger partial charge in [-0.25, -0.2) is 19.6 Å². The maximum Gasteiger partial charge on any atom is 0.328 e. The molecular formula is C50H58N6O10S2. The highest BCUT2D eigenvalue weighted by molar-refractivity contribution is 7.99. The molecule has 0 radical (unpaired) electrons. The fourth-order valence-electron chi connectivity index (χ4n) is 7.41. The van der Waals surface area contributed by atoms with Gasteiger partial charge in [0, 0.05) is 122 Å². The molecule has 4 aliphatic rings. The second-order valence-corrected chi connectivity index (χ2v) is 17.7. The second-order valence-electron chi connectivity index (χ2n) is 15.6. The normalized spacial score (nSPS) is 15.5. The lowest BCUT2D eigenvalue weighted by Gasteiger charge is -2.36. The number of carboxylic acid groups (broad SMARTS) is 2. The highest BCUT2D eigenvalue weighted by Gasteiger charge is 2.27. The number of rotatable bonds is 14. The predicted octanol–water partition coefficient (Wildman–Crippen LogP) is 6.57. The number of hydrogen-bond donors (Lipinski definition) is 2. The first-order chi connectivity index (χ1) is 33.0. The number of benzene rings is 4. The van der Waals surface area contributed by atoms with Crippen molar-refractivity contribution in [1.29, 1.82) is 0 Å². The fraction of sp³-hybridized carbons (Fsp3) is 0.360. The zero-order valence-corrected chi connectivity index (χ0v) is 40.0. The van der Waals surface area contributed by atoms with Gasteiger partial charge in [-0.1, -0.05) is 84.2 Å². The second kappa shape index (κ2) is 27.1. The van der Waals surface area contributed by atoms with Crippen LogP contribution >= 0.6 is 23.5 Å². The maximum absolute atomic E-state index is 10.8. The molecule has 0 unspecified atom stereocenters. The van der Waals surface area contributed by atoms with Crippen molar-refractivity contribution in [3.8, 4) is 0 Å². The van der Waals surface area contributed by atoms with Gasteiger partial charge in [0.15, 0.2) is 0 Å². The van der Waals surface area contributed by atoms with Crippen LogP contribution in [0.5, 0.6) is 0 Å². The summed E-state index contributed by atoms with van der Waals surface area (Å²) in [6.45, 7) is 15.1. The van der Waals surface area contributed by atoms with Crippen LogP contribution in [0.25, 0.3) is 0 Å². The largest absolute Gasteiger partial charge is 0.478 e. The van der Waals surface area contributed by atoms with Crippen LogP contribution in [-0.2, 0) is 38.1 Å². The average Bonchev–Trinajstić information content (AvgIpc) is 3.62. The van der Waals surface area contributed by atoms with E-state index in [2.05, 4.69) is 117 Å². The number of fused-ring (bicyclic) bond motifs is 4. The summed E-state index contributed by atoms with van der Waals surface area (Å²) in [4.78, 5) is 65.3. The van der Waals surface area contributed by atoms with Crippen molar-refractivity contribution in [1.82, 2.24) is 19.6 Å². The molecule has 0 amide bonds. The maximum atomic E-state index is 10.8. The van der Waals surface area contributed by atoms with Gasteiger partial charge in [-0.3, -0.25) is 19.4 Å². The lowest BCUT2D eigenvalue weighted by atomic mass is 10.1. The van der Waals surface area contributed by atoms with Crippen LogP contribution in [0, 0.1) is 0 Å². The lowest BCUT2D eigenvalue weighted by Crippen LogP contribution is -2.49. The molecule has 4 heterocycles. The Balaban J connectivity index is 0.000000193. The van der Waals surface area contributed by atoms with Crippen LogP contribution in [0.1, 0.15) is 25.0 Å². The number of para-hydroxylation sites is 2. The van der Waals surface area contributed by atoms with Crippen molar-refractivity contribution in [3.63, 3.8) is 0 Å². The lowest BCUT2D eigenvalue weighted by molar-refractivity contribution is -0.143. The number of ether oxygens (including phenoxy) is 4. The molecule has 0 aromatic heterocycles. The van der Waals surface area contributed by atoms with Crippen LogP contribution in [0.4, 0.5) is 11.4 Å². The first-order valence-corrected chi connectivity index (χ1v) is 24.1. The summed E-state index contributed by atoms with van der Waals surface area (Å²) in [5.74, 6) is -0.905. The van der Waals surface area contributed by atoms with Gasteiger partial charge in [0.1, 0.15) is 24.9 Å². The van der Waals surface area contributed by atoms with Gasteiger partial charge >= 0.3 is 23.9 Å². The van der Waals surface area contributed by atoms with Gasteiger partial charge in [0.25, 0.3) is 0 Å². The van der Waals surface area contributed by atoms with Crippen molar-refractivity contribution < 1.29 is 48.3 Å². The van der Waals surface area contributed by atoms with Gasteiger partial charge in [0.05, 0.1) is 37.8 Å². The van der Waals surface area contributed by atoms with Crippen LogP contribution in [-0.4, -0.2) is 170 Å². The zero-order chi connectivity index (χ0) is 48.1. The predicted molar refractivity (Wildman–Crippen MR) is 262 cm³/mol.